The number of rotatable bonds is 7. The number of nitrogens with one attached hydrogen (secondary N) is 1. The van der Waals surface area contributed by atoms with Crippen molar-refractivity contribution in [2.75, 3.05) is 5.75 Å². The summed E-state index contributed by atoms with van der Waals surface area (Å²) in [7, 11) is 0. The molecule has 0 bridgehead atoms. The van der Waals surface area contributed by atoms with Crippen molar-refractivity contribution in [2.45, 2.75) is 50.4 Å². The lowest BCUT2D eigenvalue weighted by Crippen LogP contribution is -2.28. The monoisotopic (exact) mass is 408 g/mol. The van der Waals surface area contributed by atoms with E-state index in [2.05, 4.69) is 42.9 Å². The van der Waals surface area contributed by atoms with Crippen LogP contribution in [0.5, 0.6) is 0 Å². The number of aromatic nitrogens is 3. The maximum atomic E-state index is 12.2. The van der Waals surface area contributed by atoms with Crippen molar-refractivity contribution >= 4 is 33.6 Å². The number of nitrogens with zero attached hydrogens (tertiary/aromatic N) is 3. The first-order valence-electron chi connectivity index (χ1n) is 8.19. The number of carbonyl (C=O) groups is 1. The van der Waals surface area contributed by atoms with Crippen molar-refractivity contribution in [1.29, 1.82) is 0 Å². The van der Waals surface area contributed by atoms with Gasteiger partial charge in [-0.1, -0.05) is 39.8 Å². The van der Waals surface area contributed by atoms with Crippen LogP contribution >= 0.6 is 27.7 Å². The standard InChI is InChI=1S/C17H21BrN4OS/c1-3-22-16(13-4-5-13)20-21-17(22)24-10-15(23)19-11(2)12-6-8-14(18)9-7-12/h6-9,11,13H,3-5,10H2,1-2H3,(H,19,23)/t11-/m0/s1. The molecule has 1 aromatic heterocycles. The lowest BCUT2D eigenvalue weighted by atomic mass is 10.1. The Morgan fingerprint density at radius 3 is 2.71 bits per heavy atom. The molecule has 1 aliphatic carbocycles. The van der Waals surface area contributed by atoms with Crippen molar-refractivity contribution in [3.05, 3.63) is 40.1 Å². The van der Waals surface area contributed by atoms with Gasteiger partial charge in [0.15, 0.2) is 5.16 Å². The van der Waals surface area contributed by atoms with E-state index in [4.69, 9.17) is 0 Å². The van der Waals surface area contributed by atoms with E-state index < -0.39 is 0 Å². The summed E-state index contributed by atoms with van der Waals surface area (Å²) in [6.45, 7) is 4.93. The fourth-order valence-electron chi connectivity index (χ4n) is 2.60. The minimum absolute atomic E-state index is 0.00837. The van der Waals surface area contributed by atoms with E-state index >= 15 is 0 Å². The van der Waals surface area contributed by atoms with Crippen LogP contribution in [0.25, 0.3) is 0 Å². The molecular formula is C17H21BrN4OS. The average Bonchev–Trinajstić information content (AvgIpc) is 3.33. The highest BCUT2D eigenvalue weighted by Crippen LogP contribution is 2.39. The number of hydrogen-bond donors (Lipinski definition) is 1. The fraction of sp³-hybridized carbons (Fsp3) is 0.471. The highest BCUT2D eigenvalue weighted by Gasteiger charge is 2.30. The molecule has 1 atom stereocenters. The topological polar surface area (TPSA) is 59.8 Å². The summed E-state index contributed by atoms with van der Waals surface area (Å²) < 4.78 is 3.17. The molecule has 0 saturated heterocycles. The minimum atomic E-state index is -0.0164. The molecule has 24 heavy (non-hydrogen) atoms. The highest BCUT2D eigenvalue weighted by molar-refractivity contribution is 9.10. The van der Waals surface area contributed by atoms with Gasteiger partial charge in [0.25, 0.3) is 0 Å². The van der Waals surface area contributed by atoms with E-state index in [0.717, 1.165) is 27.6 Å². The molecule has 0 spiro atoms. The zero-order valence-electron chi connectivity index (χ0n) is 13.8. The quantitative estimate of drug-likeness (QED) is 0.705. The minimum Gasteiger partial charge on any atom is -0.349 e. The van der Waals surface area contributed by atoms with Gasteiger partial charge < -0.3 is 9.88 Å². The molecule has 1 aromatic carbocycles. The van der Waals surface area contributed by atoms with E-state index in [0.29, 0.717) is 11.7 Å². The zero-order valence-corrected chi connectivity index (χ0v) is 16.2. The second-order valence-corrected chi connectivity index (χ2v) is 7.85. The normalized spacial score (nSPS) is 15.3. The number of carbonyl (C=O) groups excluding carboxylic acids is 1. The summed E-state index contributed by atoms with van der Waals surface area (Å²) in [5.74, 6) is 2.00. The van der Waals surface area contributed by atoms with Gasteiger partial charge in [0, 0.05) is 16.9 Å². The summed E-state index contributed by atoms with van der Waals surface area (Å²) in [4.78, 5) is 12.2. The molecule has 7 heteroatoms. The Hall–Kier alpha value is -1.34. The van der Waals surface area contributed by atoms with Crippen LogP contribution in [-0.4, -0.2) is 26.4 Å². The number of halogens is 1. The fourth-order valence-corrected chi connectivity index (χ4v) is 3.68. The molecule has 1 heterocycles. The highest BCUT2D eigenvalue weighted by atomic mass is 79.9. The maximum absolute atomic E-state index is 12.2. The van der Waals surface area contributed by atoms with Gasteiger partial charge >= 0.3 is 0 Å². The van der Waals surface area contributed by atoms with Crippen molar-refractivity contribution in [3.63, 3.8) is 0 Å². The Morgan fingerprint density at radius 1 is 1.38 bits per heavy atom. The lowest BCUT2D eigenvalue weighted by molar-refractivity contribution is -0.119. The van der Waals surface area contributed by atoms with Crippen LogP contribution in [0.4, 0.5) is 0 Å². The van der Waals surface area contributed by atoms with Crippen molar-refractivity contribution in [1.82, 2.24) is 20.1 Å². The van der Waals surface area contributed by atoms with E-state index in [1.807, 2.05) is 31.2 Å². The van der Waals surface area contributed by atoms with Crippen LogP contribution in [0.3, 0.4) is 0 Å². The van der Waals surface area contributed by atoms with Gasteiger partial charge in [-0.25, -0.2) is 0 Å². The predicted octanol–water partition coefficient (Wildman–Crippen LogP) is 3.91. The van der Waals surface area contributed by atoms with E-state index in [1.165, 1.54) is 24.6 Å². The van der Waals surface area contributed by atoms with Crippen molar-refractivity contribution in [3.8, 4) is 0 Å². The average molecular weight is 409 g/mol. The summed E-state index contributed by atoms with van der Waals surface area (Å²) in [5, 5.41) is 12.4. The van der Waals surface area contributed by atoms with Crippen molar-refractivity contribution < 1.29 is 4.79 Å². The van der Waals surface area contributed by atoms with Crippen LogP contribution in [0.2, 0.25) is 0 Å². The number of thioether (sulfide) groups is 1. The molecule has 2 aromatic rings. The molecule has 1 fully saturated rings. The first-order valence-corrected chi connectivity index (χ1v) is 9.97. The van der Waals surface area contributed by atoms with Crippen LogP contribution < -0.4 is 5.32 Å². The first kappa shape index (κ1) is 17.5. The van der Waals surface area contributed by atoms with E-state index in [-0.39, 0.29) is 11.9 Å². The predicted molar refractivity (Wildman–Crippen MR) is 99.1 cm³/mol. The molecule has 0 radical (unpaired) electrons. The Morgan fingerprint density at radius 2 is 2.08 bits per heavy atom. The van der Waals surface area contributed by atoms with Gasteiger partial charge in [0.05, 0.1) is 11.8 Å². The van der Waals surface area contributed by atoms with Gasteiger partial charge in [-0.15, -0.1) is 10.2 Å². The third-order valence-corrected chi connectivity index (χ3v) is 5.58. The molecule has 0 unspecified atom stereocenters. The second-order valence-electron chi connectivity index (χ2n) is 5.99. The molecule has 1 N–H and O–H groups in total. The molecular weight excluding hydrogens is 388 g/mol. The molecule has 1 saturated carbocycles. The lowest BCUT2D eigenvalue weighted by Gasteiger charge is -2.14. The molecule has 0 aliphatic heterocycles. The van der Waals surface area contributed by atoms with Crippen LogP contribution in [-0.2, 0) is 11.3 Å². The molecule has 1 aliphatic rings. The molecule has 3 rings (SSSR count). The van der Waals surface area contributed by atoms with Crippen LogP contribution in [0.1, 0.15) is 50.0 Å². The number of amides is 1. The Labute approximate surface area is 154 Å². The van der Waals surface area contributed by atoms with E-state index in [1.54, 1.807) is 0 Å². The SMILES string of the molecule is CCn1c(SCC(=O)N[C@@H](C)c2ccc(Br)cc2)nnc1C1CC1. The van der Waals surface area contributed by atoms with Gasteiger partial charge in [-0.2, -0.15) is 0 Å². The Bertz CT molecular complexity index is 712. The molecule has 5 nitrogen and oxygen atoms in total. The van der Waals surface area contributed by atoms with Crippen molar-refractivity contribution in [2.24, 2.45) is 0 Å². The number of hydrogen-bond acceptors (Lipinski definition) is 4. The number of benzene rings is 1. The van der Waals surface area contributed by atoms with Gasteiger partial charge in [-0.3, -0.25) is 4.79 Å². The van der Waals surface area contributed by atoms with E-state index in [9.17, 15) is 4.79 Å². The van der Waals surface area contributed by atoms with Gasteiger partial charge in [0.2, 0.25) is 5.91 Å². The third-order valence-electron chi connectivity index (χ3n) is 4.08. The molecule has 128 valence electrons. The van der Waals surface area contributed by atoms with Crippen LogP contribution in [0.15, 0.2) is 33.9 Å². The maximum Gasteiger partial charge on any atom is 0.230 e. The second kappa shape index (κ2) is 7.70. The largest absolute Gasteiger partial charge is 0.349 e. The smallest absolute Gasteiger partial charge is 0.230 e. The van der Waals surface area contributed by atoms with Gasteiger partial charge in [0.1, 0.15) is 5.82 Å². The summed E-state index contributed by atoms with van der Waals surface area (Å²) >= 11 is 4.88. The zero-order chi connectivity index (χ0) is 17.1. The summed E-state index contributed by atoms with van der Waals surface area (Å²) in [6, 6.07) is 7.97. The summed E-state index contributed by atoms with van der Waals surface area (Å²) in [6.07, 6.45) is 2.40. The Balaban J connectivity index is 1.54. The van der Waals surface area contributed by atoms with Gasteiger partial charge in [-0.05, 0) is 44.4 Å². The molecule has 1 amide bonds. The third kappa shape index (κ3) is 4.19. The Kier molecular flexibility index (Phi) is 5.61. The first-order chi connectivity index (χ1) is 11.6. The van der Waals surface area contributed by atoms with Crippen LogP contribution in [0, 0.1) is 0 Å². The summed E-state index contributed by atoms with van der Waals surface area (Å²) in [5.41, 5.74) is 1.09.